The summed E-state index contributed by atoms with van der Waals surface area (Å²) in [6.45, 7) is 9.03. The first-order valence-electron chi connectivity index (χ1n) is 12.4. The van der Waals surface area contributed by atoms with Gasteiger partial charge in [-0.1, -0.05) is 33.8 Å². The summed E-state index contributed by atoms with van der Waals surface area (Å²) in [5.74, 6) is 0.321. The van der Waals surface area contributed by atoms with Crippen LogP contribution in [0.15, 0.2) is 28.9 Å². The summed E-state index contributed by atoms with van der Waals surface area (Å²) in [4.78, 5) is 23.9. The summed E-state index contributed by atoms with van der Waals surface area (Å²) in [5.41, 5.74) is 3.25. The molecule has 1 aromatic carbocycles. The van der Waals surface area contributed by atoms with E-state index in [9.17, 15) is 14.7 Å². The second-order valence-corrected chi connectivity index (χ2v) is 10.2. The van der Waals surface area contributed by atoms with Gasteiger partial charge in [0.15, 0.2) is 0 Å². The molecule has 2 N–H and O–H groups in total. The highest BCUT2D eigenvalue weighted by molar-refractivity contribution is 5.81. The Morgan fingerprint density at radius 1 is 1.26 bits per heavy atom. The van der Waals surface area contributed by atoms with Crippen LogP contribution in [0.1, 0.15) is 58.1 Å². The Morgan fingerprint density at radius 2 is 2.03 bits per heavy atom. The molecule has 1 fully saturated rings. The number of carbonyl (C=O) groups excluding carboxylic acids is 1. The highest BCUT2D eigenvalue weighted by Crippen LogP contribution is 2.33. The number of benzene rings is 1. The number of ether oxygens (including phenoxy) is 2. The van der Waals surface area contributed by atoms with E-state index >= 15 is 0 Å². The number of nitrogens with one attached hydrogen (secondary N) is 1. The van der Waals surface area contributed by atoms with Crippen LogP contribution in [0.25, 0.3) is 11.0 Å². The molecule has 34 heavy (non-hydrogen) atoms. The molecule has 0 bridgehead atoms. The Balaban J connectivity index is 1.76. The normalized spacial score (nSPS) is 20.1. The van der Waals surface area contributed by atoms with Crippen LogP contribution in [-0.4, -0.2) is 43.0 Å². The molecule has 4 atom stereocenters. The number of aryl methyl sites for hydroxylation is 1. The van der Waals surface area contributed by atoms with Gasteiger partial charge in [0.2, 0.25) is 0 Å². The van der Waals surface area contributed by atoms with Crippen LogP contribution in [0.3, 0.4) is 0 Å². The van der Waals surface area contributed by atoms with Gasteiger partial charge in [-0.25, -0.2) is 4.79 Å². The maximum Gasteiger partial charge on any atom is 0.405 e. The van der Waals surface area contributed by atoms with Gasteiger partial charge in [-0.15, -0.1) is 0 Å². The molecule has 1 amide bonds. The number of methoxy groups -OCH3 is 1. The van der Waals surface area contributed by atoms with Crippen molar-refractivity contribution >= 4 is 23.0 Å². The molecule has 7 heteroatoms. The summed E-state index contributed by atoms with van der Waals surface area (Å²) in [5, 5.41) is 13.2. The fourth-order valence-corrected chi connectivity index (χ4v) is 4.96. The van der Waals surface area contributed by atoms with Gasteiger partial charge in [-0.3, -0.25) is 4.79 Å². The molecule has 1 saturated heterocycles. The van der Waals surface area contributed by atoms with Gasteiger partial charge in [-0.05, 0) is 73.1 Å². The van der Waals surface area contributed by atoms with Crippen molar-refractivity contribution in [3.8, 4) is 0 Å². The standard InChI is InChI=1S/C27H39NO6/c1-16(2)20(13-23(28-27(30)31)25-14-21(17(3)4)26(29)34-25)11-18-8-9-24-22(12-18)19(15-33-24)7-6-10-32-5/h8-9,12,15-17,20-21,23,25,28H,6-7,10-11,13-14H2,1-5H3,(H,30,31)/t20-,21-,23-,25-/m0/s1. The largest absolute Gasteiger partial charge is 0.465 e. The molecule has 3 rings (SSSR count). The fraction of sp³-hybridized carbons (Fsp3) is 0.630. The molecule has 0 spiro atoms. The van der Waals surface area contributed by atoms with Crippen LogP contribution in [0.2, 0.25) is 0 Å². The van der Waals surface area contributed by atoms with Gasteiger partial charge in [0.05, 0.1) is 18.2 Å². The minimum Gasteiger partial charge on any atom is -0.465 e. The van der Waals surface area contributed by atoms with E-state index in [0.717, 1.165) is 30.2 Å². The zero-order valence-corrected chi connectivity index (χ0v) is 21.0. The van der Waals surface area contributed by atoms with Crippen LogP contribution >= 0.6 is 0 Å². The van der Waals surface area contributed by atoms with Gasteiger partial charge in [-0.2, -0.15) is 0 Å². The molecular weight excluding hydrogens is 434 g/mol. The molecule has 1 aromatic heterocycles. The molecule has 7 nitrogen and oxygen atoms in total. The molecule has 0 saturated carbocycles. The summed E-state index contributed by atoms with van der Waals surface area (Å²) in [7, 11) is 1.71. The first kappa shape index (κ1) is 26.1. The lowest BCUT2D eigenvalue weighted by Gasteiger charge is -2.29. The second-order valence-electron chi connectivity index (χ2n) is 10.2. The quantitative estimate of drug-likeness (QED) is 0.315. The lowest BCUT2D eigenvalue weighted by Crippen LogP contribution is -2.44. The summed E-state index contributed by atoms with van der Waals surface area (Å²) in [6.07, 6.45) is 4.11. The maximum absolute atomic E-state index is 12.3. The molecule has 188 valence electrons. The van der Waals surface area contributed by atoms with Gasteiger partial charge in [0, 0.05) is 19.1 Å². The molecule has 2 aromatic rings. The van der Waals surface area contributed by atoms with E-state index in [1.54, 1.807) is 7.11 Å². The smallest absolute Gasteiger partial charge is 0.405 e. The van der Waals surface area contributed by atoms with E-state index in [-0.39, 0.29) is 23.7 Å². The summed E-state index contributed by atoms with van der Waals surface area (Å²) in [6, 6.07) is 5.87. The number of hydrogen-bond acceptors (Lipinski definition) is 5. The number of fused-ring (bicyclic) bond motifs is 1. The van der Waals surface area contributed by atoms with Crippen LogP contribution in [0.4, 0.5) is 4.79 Å². The van der Waals surface area contributed by atoms with Crippen molar-refractivity contribution in [2.75, 3.05) is 13.7 Å². The third-order valence-electron chi connectivity index (χ3n) is 7.13. The predicted octanol–water partition coefficient (Wildman–Crippen LogP) is 5.44. The first-order valence-corrected chi connectivity index (χ1v) is 12.4. The topological polar surface area (TPSA) is 98.0 Å². The van der Waals surface area contributed by atoms with E-state index in [1.165, 1.54) is 11.1 Å². The van der Waals surface area contributed by atoms with Crippen LogP contribution in [0, 0.1) is 23.7 Å². The molecule has 0 aliphatic carbocycles. The number of carbonyl (C=O) groups is 2. The lowest BCUT2D eigenvalue weighted by molar-refractivity contribution is -0.146. The molecule has 0 radical (unpaired) electrons. The average Bonchev–Trinajstić information content (AvgIpc) is 3.36. The average molecular weight is 474 g/mol. The number of rotatable bonds is 12. The van der Waals surface area contributed by atoms with Gasteiger partial charge in [0.25, 0.3) is 0 Å². The van der Waals surface area contributed by atoms with E-state index in [2.05, 4.69) is 31.3 Å². The second kappa shape index (κ2) is 11.7. The molecule has 1 aliphatic rings. The van der Waals surface area contributed by atoms with Crippen molar-refractivity contribution in [2.45, 2.75) is 71.9 Å². The monoisotopic (exact) mass is 473 g/mol. The van der Waals surface area contributed by atoms with E-state index in [4.69, 9.17) is 13.9 Å². The highest BCUT2D eigenvalue weighted by atomic mass is 16.6. The van der Waals surface area contributed by atoms with E-state index in [1.807, 2.05) is 26.2 Å². The van der Waals surface area contributed by atoms with E-state index < -0.39 is 18.2 Å². The first-order chi connectivity index (χ1) is 16.2. The van der Waals surface area contributed by atoms with Crippen LogP contribution in [-0.2, 0) is 27.1 Å². The predicted molar refractivity (Wildman–Crippen MR) is 131 cm³/mol. The zero-order valence-electron chi connectivity index (χ0n) is 21.0. The van der Waals surface area contributed by atoms with Crippen molar-refractivity contribution in [3.05, 3.63) is 35.6 Å². The van der Waals surface area contributed by atoms with Crippen molar-refractivity contribution in [1.29, 1.82) is 0 Å². The SMILES string of the molecule is COCCCc1coc2ccc(C[C@@H](C[C@H](NC(=O)O)[C@@H]3C[C@@H](C(C)C)C(=O)O3)C(C)C)cc12. The zero-order chi connectivity index (χ0) is 24.8. The third kappa shape index (κ3) is 6.53. The number of amides is 1. The Bertz CT molecular complexity index is 965. The summed E-state index contributed by atoms with van der Waals surface area (Å²) < 4.78 is 16.6. The fourth-order valence-electron chi connectivity index (χ4n) is 4.96. The highest BCUT2D eigenvalue weighted by Gasteiger charge is 2.41. The Labute approximate surface area is 202 Å². The number of carboxylic acid groups (broad SMARTS) is 1. The van der Waals surface area contributed by atoms with Crippen molar-refractivity contribution < 1.29 is 28.6 Å². The van der Waals surface area contributed by atoms with Gasteiger partial charge in [0.1, 0.15) is 11.7 Å². The Hall–Kier alpha value is -2.54. The minimum absolute atomic E-state index is 0.170. The molecule has 2 heterocycles. The number of esters is 1. The molecular formula is C27H39NO6. The number of furan rings is 1. The summed E-state index contributed by atoms with van der Waals surface area (Å²) >= 11 is 0. The maximum atomic E-state index is 12.3. The van der Waals surface area contributed by atoms with Crippen molar-refractivity contribution in [1.82, 2.24) is 5.32 Å². The third-order valence-corrected chi connectivity index (χ3v) is 7.13. The van der Waals surface area contributed by atoms with Crippen LogP contribution in [0.5, 0.6) is 0 Å². The van der Waals surface area contributed by atoms with Gasteiger partial charge >= 0.3 is 12.1 Å². The number of cyclic esters (lactones) is 1. The van der Waals surface area contributed by atoms with Gasteiger partial charge < -0.3 is 24.3 Å². The number of hydrogen-bond donors (Lipinski definition) is 2. The molecule has 0 unspecified atom stereocenters. The minimum atomic E-state index is -1.09. The van der Waals surface area contributed by atoms with Crippen molar-refractivity contribution in [3.63, 3.8) is 0 Å². The molecule has 1 aliphatic heterocycles. The van der Waals surface area contributed by atoms with E-state index in [0.29, 0.717) is 25.4 Å². The van der Waals surface area contributed by atoms with Crippen LogP contribution < -0.4 is 5.32 Å². The Kier molecular flexibility index (Phi) is 9.00. The van der Waals surface area contributed by atoms with Crippen molar-refractivity contribution in [2.24, 2.45) is 23.7 Å². The lowest BCUT2D eigenvalue weighted by atomic mass is 9.81. The Morgan fingerprint density at radius 3 is 2.65 bits per heavy atom.